The van der Waals surface area contributed by atoms with Gasteiger partial charge in [0.2, 0.25) is 0 Å². The van der Waals surface area contributed by atoms with E-state index in [1.54, 1.807) is 6.07 Å². The third-order valence-electron chi connectivity index (χ3n) is 1.87. The minimum atomic E-state index is -3.44. The highest BCUT2D eigenvalue weighted by Crippen LogP contribution is 2.21. The number of aromatic nitrogens is 3. The third-order valence-corrected chi connectivity index (χ3v) is 2.97. The van der Waals surface area contributed by atoms with E-state index in [4.69, 9.17) is 11.6 Å². The molecule has 2 heterocycles. The molecule has 0 saturated carbocycles. The van der Waals surface area contributed by atoms with Crippen LogP contribution in [-0.2, 0) is 10.0 Å². The Bertz CT molecular complexity index is 633. The first-order chi connectivity index (χ1) is 6.89. The Hall–Kier alpha value is -1.14. The largest absolute Gasteiger partial charge is 0.251 e. The average molecular weight is 245 g/mol. The highest BCUT2D eigenvalue weighted by molar-refractivity contribution is 7.89. The van der Waals surface area contributed by atoms with Gasteiger partial charge in [-0.3, -0.25) is 0 Å². The summed E-state index contributed by atoms with van der Waals surface area (Å²) in [6, 6.07) is 1.54. The van der Waals surface area contributed by atoms with Crippen molar-refractivity contribution in [3.63, 3.8) is 0 Å². The summed E-state index contributed by atoms with van der Waals surface area (Å²) >= 11 is 5.71. The lowest BCUT2D eigenvalue weighted by Gasteiger charge is -2.02. The lowest BCUT2D eigenvalue weighted by atomic mass is 10.3. The smallest absolute Gasteiger partial charge is 0.239 e. The summed E-state index contributed by atoms with van der Waals surface area (Å²) in [7, 11) is -3.44. The first kappa shape index (κ1) is 10.4. The van der Waals surface area contributed by atoms with Crippen LogP contribution in [0.15, 0.2) is 12.3 Å². The molecule has 0 aliphatic rings. The first-order valence-electron chi connectivity index (χ1n) is 3.96. The van der Waals surface area contributed by atoms with Crippen molar-refractivity contribution in [2.45, 2.75) is 0 Å². The van der Waals surface area contributed by atoms with Crippen LogP contribution in [0.25, 0.3) is 10.9 Å². The molecule has 2 aromatic heterocycles. The molecule has 2 rings (SSSR count). The maximum Gasteiger partial charge on any atom is 0.251 e. The van der Waals surface area contributed by atoms with E-state index in [2.05, 4.69) is 17.0 Å². The monoisotopic (exact) mass is 244 g/mol. The molecule has 0 atom stereocenters. The fourth-order valence-corrected chi connectivity index (χ4v) is 2.30. The van der Waals surface area contributed by atoms with Crippen molar-refractivity contribution < 1.29 is 8.42 Å². The van der Waals surface area contributed by atoms with Gasteiger partial charge in [-0.05, 0) is 13.0 Å². The van der Waals surface area contributed by atoms with Crippen molar-refractivity contribution in [2.24, 2.45) is 0 Å². The SMILES string of the molecule is [CH2]c1nc(Cl)cc2cnn(S(C)(=O)=O)c12. The van der Waals surface area contributed by atoms with Crippen molar-refractivity contribution in [2.75, 3.05) is 6.26 Å². The molecule has 0 amide bonds. The summed E-state index contributed by atoms with van der Waals surface area (Å²) in [6.45, 7) is 3.64. The highest BCUT2D eigenvalue weighted by Gasteiger charge is 2.14. The Labute approximate surface area is 91.7 Å². The number of halogens is 1. The normalized spacial score (nSPS) is 12.2. The second kappa shape index (κ2) is 3.18. The molecule has 0 N–H and O–H groups in total. The van der Waals surface area contributed by atoms with E-state index < -0.39 is 10.0 Å². The van der Waals surface area contributed by atoms with Crippen LogP contribution in [0.2, 0.25) is 5.15 Å². The standard InChI is InChI=1S/C8H7ClN3O2S/c1-5-8-6(3-7(9)11-5)4-10-12(8)15(2,13)14/h3-4H,1H2,2H3. The van der Waals surface area contributed by atoms with Crippen LogP contribution in [0.4, 0.5) is 0 Å². The lowest BCUT2D eigenvalue weighted by Crippen LogP contribution is -2.12. The minimum Gasteiger partial charge on any atom is -0.239 e. The van der Waals surface area contributed by atoms with E-state index in [1.165, 1.54) is 6.20 Å². The number of fused-ring (bicyclic) bond motifs is 1. The summed E-state index contributed by atoms with van der Waals surface area (Å²) in [6.07, 6.45) is 2.48. The fourth-order valence-electron chi connectivity index (χ4n) is 1.32. The van der Waals surface area contributed by atoms with Gasteiger partial charge in [0.05, 0.1) is 18.1 Å². The zero-order valence-corrected chi connectivity index (χ0v) is 9.38. The highest BCUT2D eigenvalue weighted by atomic mass is 35.5. The van der Waals surface area contributed by atoms with Gasteiger partial charge in [-0.15, -0.1) is 0 Å². The zero-order chi connectivity index (χ0) is 11.2. The molecular formula is C8H7ClN3O2S. The molecule has 0 saturated heterocycles. The molecule has 5 nitrogen and oxygen atoms in total. The van der Waals surface area contributed by atoms with E-state index in [0.717, 1.165) is 10.3 Å². The Morgan fingerprint density at radius 1 is 1.53 bits per heavy atom. The number of pyridine rings is 1. The molecule has 0 bridgehead atoms. The van der Waals surface area contributed by atoms with Crippen LogP contribution < -0.4 is 0 Å². The zero-order valence-electron chi connectivity index (χ0n) is 7.81. The molecule has 0 fully saturated rings. The number of rotatable bonds is 1. The van der Waals surface area contributed by atoms with Crippen molar-refractivity contribution in [3.8, 4) is 0 Å². The Balaban J connectivity index is 2.93. The number of nitrogens with zero attached hydrogens (tertiary/aromatic N) is 3. The van der Waals surface area contributed by atoms with Gasteiger partial charge in [0, 0.05) is 5.39 Å². The Kier molecular flexibility index (Phi) is 2.20. The molecule has 79 valence electrons. The molecule has 0 aliphatic carbocycles. The van der Waals surface area contributed by atoms with E-state index in [-0.39, 0.29) is 5.15 Å². The maximum atomic E-state index is 11.4. The van der Waals surface area contributed by atoms with Gasteiger partial charge in [-0.1, -0.05) is 11.6 Å². The van der Waals surface area contributed by atoms with Gasteiger partial charge in [0.25, 0.3) is 10.0 Å². The van der Waals surface area contributed by atoms with E-state index >= 15 is 0 Å². The van der Waals surface area contributed by atoms with Gasteiger partial charge in [-0.25, -0.2) is 13.4 Å². The summed E-state index contributed by atoms with van der Waals surface area (Å²) < 4.78 is 23.6. The third kappa shape index (κ3) is 1.70. The molecule has 0 aromatic carbocycles. The summed E-state index contributed by atoms with van der Waals surface area (Å²) in [5, 5.41) is 4.63. The van der Waals surface area contributed by atoms with E-state index in [0.29, 0.717) is 16.6 Å². The predicted molar refractivity (Wildman–Crippen MR) is 57.2 cm³/mol. The van der Waals surface area contributed by atoms with E-state index in [1.807, 2.05) is 0 Å². The second-order valence-electron chi connectivity index (χ2n) is 3.08. The first-order valence-corrected chi connectivity index (χ1v) is 6.19. The van der Waals surface area contributed by atoms with Crippen LogP contribution in [0.1, 0.15) is 5.69 Å². The number of hydrogen-bond acceptors (Lipinski definition) is 4. The Morgan fingerprint density at radius 2 is 2.20 bits per heavy atom. The van der Waals surface area contributed by atoms with Gasteiger partial charge < -0.3 is 0 Å². The molecule has 7 heteroatoms. The molecule has 2 aromatic rings. The summed E-state index contributed by atoms with van der Waals surface area (Å²) in [5.41, 5.74) is 0.655. The van der Waals surface area contributed by atoms with Crippen molar-refractivity contribution >= 4 is 32.5 Å². The molecule has 1 radical (unpaired) electrons. The number of hydrogen-bond donors (Lipinski definition) is 0. The average Bonchev–Trinajstić information content (AvgIpc) is 2.45. The van der Waals surface area contributed by atoms with Gasteiger partial charge in [-0.2, -0.15) is 9.19 Å². The van der Waals surface area contributed by atoms with Crippen LogP contribution >= 0.6 is 11.6 Å². The van der Waals surface area contributed by atoms with Gasteiger partial charge in [0.1, 0.15) is 10.7 Å². The van der Waals surface area contributed by atoms with Gasteiger partial charge >= 0.3 is 0 Å². The van der Waals surface area contributed by atoms with Crippen molar-refractivity contribution in [1.82, 2.24) is 14.2 Å². The van der Waals surface area contributed by atoms with Crippen molar-refractivity contribution in [3.05, 3.63) is 30.0 Å². The lowest BCUT2D eigenvalue weighted by molar-refractivity contribution is 0.588. The Morgan fingerprint density at radius 3 is 2.80 bits per heavy atom. The van der Waals surface area contributed by atoms with Crippen LogP contribution in [-0.4, -0.2) is 28.8 Å². The quantitative estimate of drug-likeness (QED) is 0.704. The summed E-state index contributed by atoms with van der Waals surface area (Å²) in [5.74, 6) is 0. The fraction of sp³-hybridized carbons (Fsp3) is 0.125. The van der Waals surface area contributed by atoms with Crippen LogP contribution in [0.3, 0.4) is 0 Å². The van der Waals surface area contributed by atoms with Gasteiger partial charge in [0.15, 0.2) is 0 Å². The van der Waals surface area contributed by atoms with Crippen molar-refractivity contribution in [1.29, 1.82) is 0 Å². The van der Waals surface area contributed by atoms with Crippen LogP contribution in [0, 0.1) is 6.92 Å². The molecule has 0 unspecified atom stereocenters. The second-order valence-corrected chi connectivity index (χ2v) is 5.28. The molecule has 15 heavy (non-hydrogen) atoms. The predicted octanol–water partition coefficient (Wildman–Crippen LogP) is 1.07. The molecular weight excluding hydrogens is 238 g/mol. The van der Waals surface area contributed by atoms with Crippen LogP contribution in [0.5, 0.6) is 0 Å². The minimum absolute atomic E-state index is 0.264. The maximum absolute atomic E-state index is 11.4. The summed E-state index contributed by atoms with van der Waals surface area (Å²) in [4.78, 5) is 3.88. The molecule has 0 aliphatic heterocycles. The topological polar surface area (TPSA) is 64.8 Å². The molecule has 0 spiro atoms. The van der Waals surface area contributed by atoms with E-state index in [9.17, 15) is 8.42 Å².